The van der Waals surface area contributed by atoms with E-state index in [1.165, 1.54) is 11.3 Å². The van der Waals surface area contributed by atoms with Crippen LogP contribution in [0.1, 0.15) is 19.0 Å². The van der Waals surface area contributed by atoms with Gasteiger partial charge in [-0.1, -0.05) is 13.0 Å². The Morgan fingerprint density at radius 3 is 2.89 bits per heavy atom. The standard InChI is InChI=1S/C13H16N4OS/c1-3-9(14)12(18)17-13-16-11(7-19-13)10-6-4-5-8(2)15-10/h4-7,9H,3,14H2,1-2H3,(H,16,17,18). The van der Waals surface area contributed by atoms with Crippen molar-refractivity contribution in [3.05, 3.63) is 29.3 Å². The third-order valence-electron chi connectivity index (χ3n) is 2.66. The lowest BCUT2D eigenvalue weighted by Crippen LogP contribution is -2.34. The van der Waals surface area contributed by atoms with Gasteiger partial charge >= 0.3 is 0 Å². The molecule has 5 nitrogen and oxygen atoms in total. The minimum absolute atomic E-state index is 0.208. The highest BCUT2D eigenvalue weighted by atomic mass is 32.1. The maximum Gasteiger partial charge on any atom is 0.243 e. The number of thiazole rings is 1. The average Bonchev–Trinajstić information content (AvgIpc) is 2.86. The van der Waals surface area contributed by atoms with E-state index >= 15 is 0 Å². The fourth-order valence-electron chi connectivity index (χ4n) is 1.52. The highest BCUT2D eigenvalue weighted by Crippen LogP contribution is 2.23. The quantitative estimate of drug-likeness (QED) is 0.897. The number of hydrogen-bond acceptors (Lipinski definition) is 5. The van der Waals surface area contributed by atoms with E-state index in [-0.39, 0.29) is 5.91 Å². The van der Waals surface area contributed by atoms with E-state index in [9.17, 15) is 4.79 Å². The molecule has 0 saturated heterocycles. The number of nitrogens with one attached hydrogen (secondary N) is 1. The number of nitrogens with two attached hydrogens (primary N) is 1. The van der Waals surface area contributed by atoms with Crippen molar-refractivity contribution in [2.75, 3.05) is 5.32 Å². The van der Waals surface area contributed by atoms with Crippen LogP contribution in [0.15, 0.2) is 23.6 Å². The number of anilines is 1. The minimum Gasteiger partial charge on any atom is -0.320 e. The van der Waals surface area contributed by atoms with Crippen LogP contribution < -0.4 is 11.1 Å². The van der Waals surface area contributed by atoms with Crippen molar-refractivity contribution in [3.8, 4) is 11.4 Å². The molecule has 2 rings (SSSR count). The summed E-state index contributed by atoms with van der Waals surface area (Å²) in [6.07, 6.45) is 0.601. The van der Waals surface area contributed by atoms with E-state index in [2.05, 4.69) is 15.3 Å². The third-order valence-corrected chi connectivity index (χ3v) is 3.42. The number of aryl methyl sites for hydroxylation is 1. The summed E-state index contributed by atoms with van der Waals surface area (Å²) in [5.74, 6) is -0.208. The van der Waals surface area contributed by atoms with Gasteiger partial charge in [-0.05, 0) is 25.5 Å². The van der Waals surface area contributed by atoms with Crippen molar-refractivity contribution in [3.63, 3.8) is 0 Å². The van der Waals surface area contributed by atoms with Crippen molar-refractivity contribution in [2.24, 2.45) is 5.73 Å². The number of carbonyl (C=O) groups is 1. The van der Waals surface area contributed by atoms with Gasteiger partial charge in [0.25, 0.3) is 0 Å². The lowest BCUT2D eigenvalue weighted by Gasteiger charge is -2.06. The van der Waals surface area contributed by atoms with Crippen LogP contribution in [0, 0.1) is 6.92 Å². The Kier molecular flexibility index (Phi) is 4.24. The molecule has 1 atom stereocenters. The van der Waals surface area contributed by atoms with Gasteiger partial charge in [0.15, 0.2) is 5.13 Å². The number of aromatic nitrogens is 2. The molecule has 6 heteroatoms. The zero-order chi connectivity index (χ0) is 13.8. The maximum atomic E-state index is 11.7. The van der Waals surface area contributed by atoms with Crippen LogP contribution in [-0.4, -0.2) is 21.9 Å². The summed E-state index contributed by atoms with van der Waals surface area (Å²) in [5, 5.41) is 5.13. The van der Waals surface area contributed by atoms with Crippen LogP contribution in [0.3, 0.4) is 0 Å². The fourth-order valence-corrected chi connectivity index (χ4v) is 2.23. The molecule has 0 aliphatic heterocycles. The van der Waals surface area contributed by atoms with Crippen molar-refractivity contribution in [2.45, 2.75) is 26.3 Å². The van der Waals surface area contributed by atoms with Gasteiger partial charge in [-0.2, -0.15) is 0 Å². The molecule has 0 fully saturated rings. The molecule has 19 heavy (non-hydrogen) atoms. The lowest BCUT2D eigenvalue weighted by molar-refractivity contribution is -0.117. The number of amides is 1. The predicted molar refractivity (Wildman–Crippen MR) is 77.0 cm³/mol. The minimum atomic E-state index is -0.496. The van der Waals surface area contributed by atoms with Gasteiger partial charge in [-0.3, -0.25) is 9.78 Å². The van der Waals surface area contributed by atoms with E-state index in [0.717, 1.165) is 17.1 Å². The molecule has 2 aromatic rings. The summed E-state index contributed by atoms with van der Waals surface area (Å²) in [5.41, 5.74) is 8.15. The number of hydrogen-bond donors (Lipinski definition) is 2. The van der Waals surface area contributed by atoms with E-state index < -0.39 is 6.04 Å². The van der Waals surface area contributed by atoms with E-state index in [1.807, 2.05) is 37.4 Å². The van der Waals surface area contributed by atoms with Crippen LogP contribution in [0.5, 0.6) is 0 Å². The second-order valence-corrected chi connectivity index (χ2v) is 5.06. The fraction of sp³-hybridized carbons (Fsp3) is 0.308. The zero-order valence-corrected chi connectivity index (χ0v) is 11.7. The summed E-state index contributed by atoms with van der Waals surface area (Å²) in [7, 11) is 0. The van der Waals surface area contributed by atoms with Crippen molar-refractivity contribution >= 4 is 22.4 Å². The molecule has 1 unspecified atom stereocenters. The number of rotatable bonds is 4. The molecule has 3 N–H and O–H groups in total. The Hall–Kier alpha value is -1.79. The first-order chi connectivity index (χ1) is 9.10. The van der Waals surface area contributed by atoms with Gasteiger partial charge in [0, 0.05) is 11.1 Å². The third kappa shape index (κ3) is 3.36. The summed E-state index contributed by atoms with van der Waals surface area (Å²) in [6.45, 7) is 3.80. The van der Waals surface area contributed by atoms with Crippen LogP contribution in [0.25, 0.3) is 11.4 Å². The molecular formula is C13H16N4OS. The second-order valence-electron chi connectivity index (χ2n) is 4.21. The molecule has 0 aromatic carbocycles. The highest BCUT2D eigenvalue weighted by molar-refractivity contribution is 7.14. The Bertz CT molecular complexity index is 582. The first-order valence-electron chi connectivity index (χ1n) is 6.06. The van der Waals surface area contributed by atoms with Crippen LogP contribution in [0.2, 0.25) is 0 Å². The molecule has 2 aromatic heterocycles. The summed E-state index contributed by atoms with van der Waals surface area (Å²) < 4.78 is 0. The van der Waals surface area contributed by atoms with Crippen LogP contribution in [-0.2, 0) is 4.79 Å². The van der Waals surface area contributed by atoms with Gasteiger partial charge in [0.05, 0.1) is 11.7 Å². The zero-order valence-electron chi connectivity index (χ0n) is 10.9. The average molecular weight is 276 g/mol. The van der Waals surface area contributed by atoms with Crippen LogP contribution in [0.4, 0.5) is 5.13 Å². The SMILES string of the molecule is CCC(N)C(=O)Nc1nc(-c2cccc(C)n2)cs1. The van der Waals surface area contributed by atoms with Gasteiger partial charge in [-0.15, -0.1) is 11.3 Å². The Morgan fingerprint density at radius 2 is 2.21 bits per heavy atom. The summed E-state index contributed by atoms with van der Waals surface area (Å²) >= 11 is 1.37. The van der Waals surface area contributed by atoms with Gasteiger partial charge in [0.2, 0.25) is 5.91 Å². The summed E-state index contributed by atoms with van der Waals surface area (Å²) in [4.78, 5) is 20.4. The predicted octanol–water partition coefficient (Wildman–Crippen LogP) is 2.19. The van der Waals surface area contributed by atoms with Gasteiger partial charge in [-0.25, -0.2) is 4.98 Å². The van der Waals surface area contributed by atoms with Crippen molar-refractivity contribution in [1.29, 1.82) is 0 Å². The number of carbonyl (C=O) groups excluding carboxylic acids is 1. The molecule has 0 radical (unpaired) electrons. The van der Waals surface area contributed by atoms with E-state index in [4.69, 9.17) is 5.73 Å². The molecule has 0 aliphatic carbocycles. The van der Waals surface area contributed by atoms with Crippen molar-refractivity contribution in [1.82, 2.24) is 9.97 Å². The maximum absolute atomic E-state index is 11.7. The van der Waals surface area contributed by atoms with E-state index in [0.29, 0.717) is 11.6 Å². The molecule has 2 heterocycles. The Balaban J connectivity index is 2.13. The van der Waals surface area contributed by atoms with E-state index in [1.54, 1.807) is 0 Å². The highest BCUT2D eigenvalue weighted by Gasteiger charge is 2.13. The van der Waals surface area contributed by atoms with Gasteiger partial charge in [0.1, 0.15) is 5.69 Å². The molecular weight excluding hydrogens is 260 g/mol. The van der Waals surface area contributed by atoms with Gasteiger partial charge < -0.3 is 11.1 Å². The summed E-state index contributed by atoms with van der Waals surface area (Å²) in [6, 6.07) is 5.26. The lowest BCUT2D eigenvalue weighted by atomic mass is 10.2. The molecule has 0 bridgehead atoms. The number of pyridine rings is 1. The van der Waals surface area contributed by atoms with Crippen LogP contribution >= 0.6 is 11.3 Å². The topological polar surface area (TPSA) is 80.9 Å². The van der Waals surface area contributed by atoms with Crippen molar-refractivity contribution < 1.29 is 4.79 Å². The smallest absolute Gasteiger partial charge is 0.243 e. The Labute approximate surface area is 115 Å². The molecule has 0 aliphatic rings. The normalized spacial score (nSPS) is 12.2. The molecule has 100 valence electrons. The molecule has 0 saturated carbocycles. The molecule has 0 spiro atoms. The second kappa shape index (κ2) is 5.90. The first kappa shape index (κ1) is 13.6. The monoisotopic (exact) mass is 276 g/mol. The number of nitrogens with zero attached hydrogens (tertiary/aromatic N) is 2. The largest absolute Gasteiger partial charge is 0.320 e. The Morgan fingerprint density at radius 1 is 1.42 bits per heavy atom. The molecule has 1 amide bonds. The first-order valence-corrected chi connectivity index (χ1v) is 6.94.